The molecule has 0 aliphatic carbocycles. The third-order valence-corrected chi connectivity index (χ3v) is 4.97. The van der Waals surface area contributed by atoms with Crippen LogP contribution in [0.25, 0.3) is 11.6 Å². The molecule has 0 aliphatic rings. The van der Waals surface area contributed by atoms with Crippen LogP contribution in [0.3, 0.4) is 0 Å². The SMILES string of the molecule is O=S(=O)(NCCn1ccnc1-c1ncccn1)c1ccc(OC(F)(F)F)cc1. The topological polar surface area (TPSA) is 99.0 Å². The van der Waals surface area contributed by atoms with Crippen LogP contribution >= 0.6 is 0 Å². The number of alkyl halides is 3. The minimum Gasteiger partial charge on any atom is -0.406 e. The van der Waals surface area contributed by atoms with Crippen LogP contribution in [0.15, 0.2) is 60.0 Å². The van der Waals surface area contributed by atoms with Gasteiger partial charge in [-0.1, -0.05) is 0 Å². The van der Waals surface area contributed by atoms with Crippen LogP contribution in [0.2, 0.25) is 0 Å². The molecule has 0 saturated heterocycles. The van der Waals surface area contributed by atoms with Gasteiger partial charge in [-0.3, -0.25) is 0 Å². The Kier molecular flexibility index (Phi) is 5.61. The molecule has 1 aromatic carbocycles. The van der Waals surface area contributed by atoms with E-state index in [9.17, 15) is 21.6 Å². The molecule has 8 nitrogen and oxygen atoms in total. The first-order chi connectivity index (χ1) is 13.2. The standard InChI is InChI=1S/C16H14F3N5O3S/c17-16(18,19)27-12-2-4-13(5-3-12)28(25,26)23-9-11-24-10-8-22-15(24)14-20-6-1-7-21-14/h1-8,10,23H,9,11H2. The molecule has 0 fully saturated rings. The van der Waals surface area contributed by atoms with Gasteiger partial charge in [0, 0.05) is 37.9 Å². The highest BCUT2D eigenvalue weighted by Gasteiger charge is 2.31. The molecule has 0 amide bonds. The van der Waals surface area contributed by atoms with Crippen molar-refractivity contribution in [1.29, 1.82) is 0 Å². The molecule has 2 heterocycles. The van der Waals surface area contributed by atoms with Crippen molar-refractivity contribution in [3.8, 4) is 17.4 Å². The van der Waals surface area contributed by atoms with Gasteiger partial charge in [0.25, 0.3) is 0 Å². The summed E-state index contributed by atoms with van der Waals surface area (Å²) in [5.74, 6) is 0.376. The van der Waals surface area contributed by atoms with Crippen molar-refractivity contribution in [2.75, 3.05) is 6.54 Å². The Morgan fingerprint density at radius 3 is 2.36 bits per heavy atom. The average molecular weight is 413 g/mol. The number of sulfonamides is 1. The Morgan fingerprint density at radius 2 is 1.71 bits per heavy atom. The zero-order valence-corrected chi connectivity index (χ0v) is 15.0. The Morgan fingerprint density at radius 1 is 1.04 bits per heavy atom. The van der Waals surface area contributed by atoms with Gasteiger partial charge in [0.2, 0.25) is 10.0 Å². The highest BCUT2D eigenvalue weighted by atomic mass is 32.2. The van der Waals surface area contributed by atoms with E-state index in [0.717, 1.165) is 24.3 Å². The molecule has 28 heavy (non-hydrogen) atoms. The van der Waals surface area contributed by atoms with Crippen LogP contribution in [-0.4, -0.2) is 40.8 Å². The van der Waals surface area contributed by atoms with Crippen LogP contribution < -0.4 is 9.46 Å². The number of hydrogen-bond donors (Lipinski definition) is 1. The van der Waals surface area contributed by atoms with E-state index in [1.165, 1.54) is 0 Å². The van der Waals surface area contributed by atoms with Crippen LogP contribution in [0.1, 0.15) is 0 Å². The summed E-state index contributed by atoms with van der Waals surface area (Å²) in [6.45, 7) is 0.279. The number of rotatable bonds is 7. The fraction of sp³-hybridized carbons (Fsp3) is 0.188. The van der Waals surface area contributed by atoms with E-state index in [1.54, 1.807) is 35.4 Å². The minimum atomic E-state index is -4.84. The highest BCUT2D eigenvalue weighted by Crippen LogP contribution is 2.23. The summed E-state index contributed by atoms with van der Waals surface area (Å²) in [5, 5.41) is 0. The van der Waals surface area contributed by atoms with Gasteiger partial charge in [-0.05, 0) is 30.3 Å². The number of aromatic nitrogens is 4. The minimum absolute atomic E-state index is 0.0271. The van der Waals surface area contributed by atoms with Crippen LogP contribution in [0.4, 0.5) is 13.2 Å². The maximum atomic E-state index is 12.3. The van der Waals surface area contributed by atoms with Crippen molar-refractivity contribution >= 4 is 10.0 Å². The first-order valence-corrected chi connectivity index (χ1v) is 9.37. The number of nitrogens with zero attached hydrogens (tertiary/aromatic N) is 4. The quantitative estimate of drug-likeness (QED) is 0.638. The summed E-state index contributed by atoms with van der Waals surface area (Å²) in [4.78, 5) is 12.2. The van der Waals surface area contributed by atoms with E-state index in [-0.39, 0.29) is 18.0 Å². The van der Waals surface area contributed by atoms with Gasteiger partial charge in [0.1, 0.15) is 5.75 Å². The van der Waals surface area contributed by atoms with Crippen molar-refractivity contribution < 1.29 is 26.3 Å². The monoisotopic (exact) mass is 413 g/mol. The van der Waals surface area contributed by atoms with E-state index >= 15 is 0 Å². The Labute approximate surface area is 158 Å². The van der Waals surface area contributed by atoms with Crippen molar-refractivity contribution in [3.63, 3.8) is 0 Å². The zero-order valence-electron chi connectivity index (χ0n) is 14.2. The lowest BCUT2D eigenvalue weighted by Gasteiger charge is -2.11. The molecule has 3 rings (SSSR count). The molecule has 0 unspecified atom stereocenters. The van der Waals surface area contributed by atoms with Crippen molar-refractivity contribution in [2.45, 2.75) is 17.8 Å². The number of imidazole rings is 1. The maximum Gasteiger partial charge on any atom is 0.573 e. The third kappa shape index (κ3) is 5.04. The molecule has 0 bridgehead atoms. The first-order valence-electron chi connectivity index (χ1n) is 7.89. The first kappa shape index (κ1) is 19.8. The van der Waals surface area contributed by atoms with Crippen LogP contribution in [0, 0.1) is 0 Å². The second-order valence-corrected chi connectivity index (χ2v) is 7.20. The fourth-order valence-electron chi connectivity index (χ4n) is 2.31. The third-order valence-electron chi connectivity index (χ3n) is 3.49. The summed E-state index contributed by atoms with van der Waals surface area (Å²) in [7, 11) is -3.90. The Bertz CT molecular complexity index is 1020. The molecule has 0 saturated carbocycles. The predicted molar refractivity (Wildman–Crippen MR) is 91.6 cm³/mol. The number of ether oxygens (including phenoxy) is 1. The molecule has 0 aliphatic heterocycles. The van der Waals surface area contributed by atoms with Crippen molar-refractivity contribution in [3.05, 3.63) is 55.1 Å². The molecule has 0 radical (unpaired) electrons. The van der Waals surface area contributed by atoms with E-state index in [1.807, 2.05) is 0 Å². The van der Waals surface area contributed by atoms with Gasteiger partial charge in [0.15, 0.2) is 11.6 Å². The van der Waals surface area contributed by atoms with Gasteiger partial charge in [0.05, 0.1) is 4.90 Å². The highest BCUT2D eigenvalue weighted by molar-refractivity contribution is 7.89. The Balaban J connectivity index is 1.63. The summed E-state index contributed by atoms with van der Waals surface area (Å²) in [5.41, 5.74) is 0. The number of hydrogen-bond acceptors (Lipinski definition) is 6. The molecule has 0 spiro atoms. The molecule has 2 aromatic heterocycles. The lowest BCUT2D eigenvalue weighted by atomic mass is 10.3. The molecule has 148 valence electrons. The molecule has 12 heteroatoms. The average Bonchev–Trinajstić information content (AvgIpc) is 3.10. The summed E-state index contributed by atoms with van der Waals surface area (Å²) >= 11 is 0. The van der Waals surface area contributed by atoms with Crippen LogP contribution in [-0.2, 0) is 16.6 Å². The fourth-order valence-corrected chi connectivity index (χ4v) is 3.34. The van der Waals surface area contributed by atoms with E-state index in [2.05, 4.69) is 24.4 Å². The van der Waals surface area contributed by atoms with Gasteiger partial charge in [-0.2, -0.15) is 0 Å². The van der Waals surface area contributed by atoms with E-state index < -0.39 is 22.1 Å². The van der Waals surface area contributed by atoms with Crippen LogP contribution in [0.5, 0.6) is 5.75 Å². The molecular formula is C16H14F3N5O3S. The molecule has 3 aromatic rings. The van der Waals surface area contributed by atoms with Gasteiger partial charge < -0.3 is 9.30 Å². The summed E-state index contributed by atoms with van der Waals surface area (Å²) < 4.78 is 68.8. The zero-order chi connectivity index (χ0) is 20.2. The normalized spacial score (nSPS) is 12.1. The lowest BCUT2D eigenvalue weighted by molar-refractivity contribution is -0.274. The number of nitrogens with one attached hydrogen (secondary N) is 1. The predicted octanol–water partition coefficient (Wildman–Crippen LogP) is 2.22. The maximum absolute atomic E-state index is 12.3. The number of halogens is 3. The van der Waals surface area contributed by atoms with Crippen molar-refractivity contribution in [1.82, 2.24) is 24.2 Å². The largest absolute Gasteiger partial charge is 0.573 e. The number of benzene rings is 1. The second kappa shape index (κ2) is 7.94. The van der Waals surface area contributed by atoms with E-state index in [4.69, 9.17) is 0 Å². The van der Waals surface area contributed by atoms with E-state index in [0.29, 0.717) is 11.6 Å². The van der Waals surface area contributed by atoms with Gasteiger partial charge in [-0.15, -0.1) is 13.2 Å². The molecular weight excluding hydrogens is 399 g/mol. The smallest absolute Gasteiger partial charge is 0.406 e. The van der Waals surface area contributed by atoms with Gasteiger partial charge >= 0.3 is 6.36 Å². The lowest BCUT2D eigenvalue weighted by Crippen LogP contribution is -2.27. The second-order valence-electron chi connectivity index (χ2n) is 5.43. The van der Waals surface area contributed by atoms with Crippen molar-refractivity contribution in [2.24, 2.45) is 0 Å². The Hall–Kier alpha value is -2.99. The summed E-state index contributed by atoms with van der Waals surface area (Å²) in [6, 6.07) is 5.59. The van der Waals surface area contributed by atoms with Gasteiger partial charge in [-0.25, -0.2) is 28.1 Å². The molecule has 0 atom stereocenters. The summed E-state index contributed by atoms with van der Waals surface area (Å²) in [6.07, 6.45) is 1.49. The molecule has 1 N–H and O–H groups in total.